The molecule has 1 aromatic rings. The van der Waals surface area contributed by atoms with Crippen LogP contribution >= 0.6 is 0 Å². The van der Waals surface area contributed by atoms with Crippen LogP contribution in [0.3, 0.4) is 0 Å². The zero-order valence-corrected chi connectivity index (χ0v) is 11.8. The van der Waals surface area contributed by atoms with Crippen molar-refractivity contribution in [1.29, 1.82) is 0 Å². The van der Waals surface area contributed by atoms with Gasteiger partial charge in [-0.1, -0.05) is 31.5 Å². The van der Waals surface area contributed by atoms with Crippen molar-refractivity contribution < 1.29 is 9.59 Å². The van der Waals surface area contributed by atoms with Gasteiger partial charge in [-0.3, -0.25) is 9.59 Å². The summed E-state index contributed by atoms with van der Waals surface area (Å²) < 4.78 is 0. The third-order valence-electron chi connectivity index (χ3n) is 2.98. The van der Waals surface area contributed by atoms with Gasteiger partial charge in [0.2, 0.25) is 5.91 Å². The number of hydrogen-bond acceptors (Lipinski definition) is 2. The normalized spacial score (nSPS) is 11.7. The van der Waals surface area contributed by atoms with Crippen LogP contribution in [-0.2, 0) is 4.79 Å². The number of rotatable bonds is 6. The first-order valence-electron chi connectivity index (χ1n) is 6.67. The molecule has 0 aliphatic rings. The minimum atomic E-state index is -0.505. The number of nitrogens with one attached hydrogen (secondary N) is 1. The minimum Gasteiger partial charge on any atom is -0.344 e. The maximum atomic E-state index is 12.0. The summed E-state index contributed by atoms with van der Waals surface area (Å²) in [5, 5.41) is 2.72. The Labute approximate surface area is 114 Å². The fraction of sp³-hybridized carbons (Fsp3) is 0.467. The van der Waals surface area contributed by atoms with Crippen LogP contribution in [0.5, 0.6) is 0 Å². The van der Waals surface area contributed by atoms with Crippen LogP contribution in [-0.4, -0.2) is 36.3 Å². The average Bonchev–Trinajstić information content (AvgIpc) is 2.44. The number of likely N-dealkylation sites (N-methyl/N-ethyl adjacent to an activating group) is 1. The quantitative estimate of drug-likeness (QED) is 0.853. The van der Waals surface area contributed by atoms with Gasteiger partial charge in [0.1, 0.15) is 6.04 Å². The molecule has 0 aliphatic carbocycles. The van der Waals surface area contributed by atoms with Crippen LogP contribution in [0, 0.1) is 0 Å². The van der Waals surface area contributed by atoms with Gasteiger partial charge < -0.3 is 10.2 Å². The summed E-state index contributed by atoms with van der Waals surface area (Å²) in [5.41, 5.74) is 0.568. The highest BCUT2D eigenvalue weighted by Crippen LogP contribution is 2.01. The summed E-state index contributed by atoms with van der Waals surface area (Å²) in [6, 6.07) is 8.41. The Morgan fingerprint density at radius 3 is 2.47 bits per heavy atom. The molecule has 4 heteroatoms. The zero-order chi connectivity index (χ0) is 14.3. The molecule has 0 saturated carbocycles. The van der Waals surface area contributed by atoms with Crippen molar-refractivity contribution >= 4 is 11.8 Å². The fourth-order valence-corrected chi connectivity index (χ4v) is 1.77. The second-order valence-electron chi connectivity index (χ2n) is 4.67. The second kappa shape index (κ2) is 7.56. The van der Waals surface area contributed by atoms with Gasteiger partial charge in [-0.15, -0.1) is 0 Å². The van der Waals surface area contributed by atoms with Crippen molar-refractivity contribution in [2.24, 2.45) is 0 Å². The van der Waals surface area contributed by atoms with Crippen LogP contribution in [0.4, 0.5) is 0 Å². The lowest BCUT2D eigenvalue weighted by atomic mass is 10.2. The molecule has 0 bridgehead atoms. The number of benzene rings is 1. The van der Waals surface area contributed by atoms with Gasteiger partial charge in [0.15, 0.2) is 0 Å². The highest BCUT2D eigenvalue weighted by atomic mass is 16.2. The number of unbranched alkanes of at least 4 members (excludes halogenated alkanes) is 1. The van der Waals surface area contributed by atoms with Gasteiger partial charge in [-0.25, -0.2) is 0 Å². The Hall–Kier alpha value is -1.84. The predicted molar refractivity (Wildman–Crippen MR) is 75.9 cm³/mol. The smallest absolute Gasteiger partial charge is 0.251 e. The van der Waals surface area contributed by atoms with E-state index in [9.17, 15) is 9.59 Å². The topological polar surface area (TPSA) is 49.4 Å². The van der Waals surface area contributed by atoms with Crippen molar-refractivity contribution in [1.82, 2.24) is 10.2 Å². The highest BCUT2D eigenvalue weighted by Gasteiger charge is 2.19. The molecular weight excluding hydrogens is 240 g/mol. The molecule has 0 aliphatic heterocycles. The third-order valence-corrected chi connectivity index (χ3v) is 2.98. The summed E-state index contributed by atoms with van der Waals surface area (Å²) >= 11 is 0. The molecule has 1 N–H and O–H groups in total. The molecule has 0 spiro atoms. The van der Waals surface area contributed by atoms with Gasteiger partial charge >= 0.3 is 0 Å². The van der Waals surface area contributed by atoms with Crippen LogP contribution < -0.4 is 5.32 Å². The standard InChI is InChI=1S/C15H22N2O2/c1-4-5-11-17(3)15(19)12(2)16-14(18)13-9-7-6-8-10-13/h6-10,12H,4-5,11H2,1-3H3,(H,16,18). The van der Waals surface area contributed by atoms with Gasteiger partial charge in [0.05, 0.1) is 0 Å². The summed E-state index contributed by atoms with van der Waals surface area (Å²) in [4.78, 5) is 25.6. The van der Waals surface area contributed by atoms with E-state index in [0.717, 1.165) is 19.4 Å². The van der Waals surface area contributed by atoms with Crippen molar-refractivity contribution in [2.45, 2.75) is 32.7 Å². The molecular formula is C15H22N2O2. The monoisotopic (exact) mass is 262 g/mol. The first-order chi connectivity index (χ1) is 9.06. The highest BCUT2D eigenvalue weighted by molar-refractivity contribution is 5.97. The molecule has 1 aromatic carbocycles. The molecule has 0 heterocycles. The number of hydrogen-bond donors (Lipinski definition) is 1. The van der Waals surface area contributed by atoms with E-state index in [-0.39, 0.29) is 11.8 Å². The molecule has 0 aromatic heterocycles. The minimum absolute atomic E-state index is 0.0577. The molecule has 19 heavy (non-hydrogen) atoms. The van der Waals surface area contributed by atoms with Gasteiger partial charge in [-0.05, 0) is 25.5 Å². The number of nitrogens with zero attached hydrogens (tertiary/aromatic N) is 1. The lowest BCUT2D eigenvalue weighted by Gasteiger charge is -2.22. The third kappa shape index (κ3) is 4.73. The van der Waals surface area contributed by atoms with E-state index in [1.807, 2.05) is 6.07 Å². The number of amides is 2. The molecule has 1 unspecified atom stereocenters. The largest absolute Gasteiger partial charge is 0.344 e. The molecule has 104 valence electrons. The van der Waals surface area contributed by atoms with E-state index < -0.39 is 6.04 Å². The lowest BCUT2D eigenvalue weighted by Crippen LogP contribution is -2.45. The summed E-state index contributed by atoms with van der Waals surface area (Å²) in [5.74, 6) is -0.275. The number of carbonyl (C=O) groups excluding carboxylic acids is 2. The Kier molecular flexibility index (Phi) is 6.06. The van der Waals surface area contributed by atoms with Gasteiger partial charge in [-0.2, -0.15) is 0 Å². The molecule has 1 atom stereocenters. The number of carbonyl (C=O) groups is 2. The first-order valence-corrected chi connectivity index (χ1v) is 6.67. The molecule has 0 radical (unpaired) electrons. The van der Waals surface area contributed by atoms with E-state index in [1.165, 1.54) is 0 Å². The Balaban J connectivity index is 2.52. The second-order valence-corrected chi connectivity index (χ2v) is 4.67. The van der Waals surface area contributed by atoms with E-state index in [0.29, 0.717) is 5.56 Å². The molecule has 0 fully saturated rings. The lowest BCUT2D eigenvalue weighted by molar-refractivity contribution is -0.131. The van der Waals surface area contributed by atoms with E-state index in [1.54, 1.807) is 43.1 Å². The van der Waals surface area contributed by atoms with Crippen LogP contribution in [0.2, 0.25) is 0 Å². The van der Waals surface area contributed by atoms with Gasteiger partial charge in [0, 0.05) is 19.2 Å². The summed E-state index contributed by atoms with van der Waals surface area (Å²) in [7, 11) is 1.77. The fourth-order valence-electron chi connectivity index (χ4n) is 1.77. The van der Waals surface area contributed by atoms with Crippen molar-refractivity contribution in [3.8, 4) is 0 Å². The Morgan fingerprint density at radius 2 is 1.89 bits per heavy atom. The van der Waals surface area contributed by atoms with Crippen LogP contribution in [0.1, 0.15) is 37.0 Å². The van der Waals surface area contributed by atoms with Crippen LogP contribution in [0.25, 0.3) is 0 Å². The van der Waals surface area contributed by atoms with Crippen molar-refractivity contribution in [2.75, 3.05) is 13.6 Å². The molecule has 0 saturated heterocycles. The average molecular weight is 262 g/mol. The summed E-state index contributed by atoms with van der Waals surface area (Å²) in [6.45, 7) is 4.52. The Morgan fingerprint density at radius 1 is 1.26 bits per heavy atom. The van der Waals surface area contributed by atoms with Gasteiger partial charge in [0.25, 0.3) is 5.91 Å². The van der Waals surface area contributed by atoms with Crippen molar-refractivity contribution in [3.63, 3.8) is 0 Å². The maximum Gasteiger partial charge on any atom is 0.251 e. The van der Waals surface area contributed by atoms with E-state index in [4.69, 9.17) is 0 Å². The van der Waals surface area contributed by atoms with E-state index >= 15 is 0 Å². The summed E-state index contributed by atoms with van der Waals surface area (Å²) in [6.07, 6.45) is 2.02. The molecule has 4 nitrogen and oxygen atoms in total. The SMILES string of the molecule is CCCCN(C)C(=O)C(C)NC(=O)c1ccccc1. The van der Waals surface area contributed by atoms with Crippen molar-refractivity contribution in [3.05, 3.63) is 35.9 Å². The van der Waals surface area contributed by atoms with Crippen LogP contribution in [0.15, 0.2) is 30.3 Å². The molecule has 1 rings (SSSR count). The predicted octanol–water partition coefficient (Wildman–Crippen LogP) is 2.06. The maximum absolute atomic E-state index is 12.0. The van der Waals surface area contributed by atoms with E-state index in [2.05, 4.69) is 12.2 Å². The zero-order valence-electron chi connectivity index (χ0n) is 11.8. The first kappa shape index (κ1) is 15.2. The Bertz CT molecular complexity index is 417. The molecule has 2 amide bonds.